The molecule has 0 amide bonds. The Morgan fingerprint density at radius 2 is 2.00 bits per heavy atom. The summed E-state index contributed by atoms with van der Waals surface area (Å²) in [5.41, 5.74) is 1.38. The highest BCUT2D eigenvalue weighted by Crippen LogP contribution is 2.14. The van der Waals surface area contributed by atoms with Crippen LogP contribution in [0.2, 0.25) is 5.02 Å². The van der Waals surface area contributed by atoms with Gasteiger partial charge in [-0.05, 0) is 31.2 Å². The first kappa shape index (κ1) is 10.6. The summed E-state index contributed by atoms with van der Waals surface area (Å²) in [4.78, 5) is 10.3. The molecule has 0 bridgehead atoms. The van der Waals surface area contributed by atoms with Crippen molar-refractivity contribution in [2.45, 2.75) is 6.92 Å². The second-order valence-electron chi connectivity index (χ2n) is 2.80. The van der Waals surface area contributed by atoms with Gasteiger partial charge in [0.15, 0.2) is 0 Å². The fourth-order valence-electron chi connectivity index (χ4n) is 0.982. The Balaban J connectivity index is 2.69. The van der Waals surface area contributed by atoms with E-state index in [0.29, 0.717) is 10.7 Å². The van der Waals surface area contributed by atoms with E-state index in [2.05, 4.69) is 5.32 Å². The second kappa shape index (κ2) is 4.67. The molecule has 0 radical (unpaired) electrons. The van der Waals surface area contributed by atoms with Crippen molar-refractivity contribution < 1.29 is 9.90 Å². The minimum absolute atomic E-state index is 0.569. The van der Waals surface area contributed by atoms with E-state index >= 15 is 0 Å². The average Bonchev–Trinajstić information content (AvgIpc) is 2.07. The molecule has 2 N–H and O–H groups in total. The molecule has 0 heterocycles. The number of aliphatic carboxylic acids is 1. The third-order valence-electron chi connectivity index (χ3n) is 1.53. The van der Waals surface area contributed by atoms with Gasteiger partial charge >= 0.3 is 5.97 Å². The van der Waals surface area contributed by atoms with Gasteiger partial charge in [-0.15, -0.1) is 0 Å². The van der Waals surface area contributed by atoms with Crippen molar-refractivity contribution in [3.05, 3.63) is 41.1 Å². The minimum atomic E-state index is -0.969. The molecule has 0 atom stereocenters. The van der Waals surface area contributed by atoms with Crippen LogP contribution in [-0.2, 0) is 4.79 Å². The van der Waals surface area contributed by atoms with Crippen LogP contribution in [0.25, 0.3) is 0 Å². The Kier molecular flexibility index (Phi) is 3.54. The third-order valence-corrected chi connectivity index (χ3v) is 1.78. The van der Waals surface area contributed by atoms with Crippen molar-refractivity contribution in [3.8, 4) is 0 Å². The van der Waals surface area contributed by atoms with Gasteiger partial charge in [-0.25, -0.2) is 4.79 Å². The lowest BCUT2D eigenvalue weighted by molar-refractivity contribution is -0.131. The number of benzene rings is 1. The number of carboxylic acid groups (broad SMARTS) is 1. The van der Waals surface area contributed by atoms with Crippen LogP contribution < -0.4 is 5.32 Å². The molecule has 3 nitrogen and oxygen atoms in total. The number of rotatable bonds is 3. The van der Waals surface area contributed by atoms with Crippen LogP contribution in [0.4, 0.5) is 5.69 Å². The van der Waals surface area contributed by atoms with E-state index < -0.39 is 5.97 Å². The Labute approximate surface area is 87.0 Å². The average molecular weight is 212 g/mol. The normalized spacial score (nSPS) is 11.1. The van der Waals surface area contributed by atoms with Crippen molar-refractivity contribution in [2.24, 2.45) is 0 Å². The summed E-state index contributed by atoms with van der Waals surface area (Å²) >= 11 is 5.70. The number of halogens is 1. The number of hydrogen-bond acceptors (Lipinski definition) is 2. The Morgan fingerprint density at radius 3 is 2.50 bits per heavy atom. The summed E-state index contributed by atoms with van der Waals surface area (Å²) in [6.07, 6.45) is 1.11. The molecular formula is C10H10ClNO2. The molecule has 0 aliphatic heterocycles. The van der Waals surface area contributed by atoms with Crippen molar-refractivity contribution in [3.63, 3.8) is 0 Å². The Hall–Kier alpha value is -1.48. The molecule has 1 aromatic rings. The maximum absolute atomic E-state index is 10.3. The molecule has 0 saturated carbocycles. The number of allylic oxidation sites excluding steroid dienone is 1. The van der Waals surface area contributed by atoms with Gasteiger partial charge in [-0.3, -0.25) is 0 Å². The van der Waals surface area contributed by atoms with Crippen LogP contribution in [0.5, 0.6) is 0 Å². The maximum Gasteiger partial charge on any atom is 0.330 e. The van der Waals surface area contributed by atoms with Gasteiger partial charge < -0.3 is 10.4 Å². The lowest BCUT2D eigenvalue weighted by Crippen LogP contribution is -1.99. The van der Waals surface area contributed by atoms with E-state index in [1.165, 1.54) is 0 Å². The molecular weight excluding hydrogens is 202 g/mol. The molecule has 0 aromatic heterocycles. The molecule has 1 aromatic carbocycles. The molecule has 14 heavy (non-hydrogen) atoms. The molecule has 0 spiro atoms. The van der Waals surface area contributed by atoms with Gasteiger partial charge in [-0.1, -0.05) is 11.6 Å². The highest BCUT2D eigenvalue weighted by Gasteiger charge is 1.95. The maximum atomic E-state index is 10.3. The van der Waals surface area contributed by atoms with E-state index in [9.17, 15) is 4.79 Å². The topological polar surface area (TPSA) is 49.3 Å². The monoisotopic (exact) mass is 211 g/mol. The number of nitrogens with one attached hydrogen (secondary N) is 1. The number of hydrogen-bond donors (Lipinski definition) is 2. The van der Waals surface area contributed by atoms with E-state index in [1.807, 2.05) is 0 Å². The van der Waals surface area contributed by atoms with Crippen molar-refractivity contribution in [2.75, 3.05) is 5.32 Å². The standard InChI is InChI=1S/C10H10ClNO2/c1-7(6-10(13)14)12-9-4-2-8(11)3-5-9/h2-6,12H,1H3,(H,13,14)/b7-6-. The highest BCUT2D eigenvalue weighted by molar-refractivity contribution is 6.30. The fraction of sp³-hybridized carbons (Fsp3) is 0.100. The van der Waals surface area contributed by atoms with Crippen LogP contribution in [0, 0.1) is 0 Å². The molecule has 0 aliphatic rings. The van der Waals surface area contributed by atoms with E-state index in [4.69, 9.17) is 16.7 Å². The summed E-state index contributed by atoms with van der Waals surface area (Å²) in [6.45, 7) is 1.68. The summed E-state index contributed by atoms with van der Waals surface area (Å²) in [5.74, 6) is -0.969. The number of carbonyl (C=O) groups is 1. The highest BCUT2D eigenvalue weighted by atomic mass is 35.5. The SMILES string of the molecule is C/C(=C/C(=O)O)Nc1ccc(Cl)cc1. The molecule has 1 rings (SSSR count). The smallest absolute Gasteiger partial charge is 0.330 e. The van der Waals surface area contributed by atoms with E-state index in [1.54, 1.807) is 31.2 Å². The molecule has 4 heteroatoms. The lowest BCUT2D eigenvalue weighted by atomic mass is 10.3. The Bertz CT molecular complexity index is 357. The van der Waals surface area contributed by atoms with Crippen LogP contribution in [0.1, 0.15) is 6.92 Å². The van der Waals surface area contributed by atoms with Crippen LogP contribution >= 0.6 is 11.6 Å². The number of anilines is 1. The summed E-state index contributed by atoms with van der Waals surface area (Å²) in [6, 6.07) is 7.03. The molecule has 0 unspecified atom stereocenters. The summed E-state index contributed by atoms with van der Waals surface area (Å²) in [5, 5.41) is 12.0. The van der Waals surface area contributed by atoms with Crippen LogP contribution in [0.3, 0.4) is 0 Å². The van der Waals surface area contributed by atoms with Crippen LogP contribution in [0.15, 0.2) is 36.0 Å². The predicted octanol–water partition coefficient (Wildman–Crippen LogP) is 2.74. The van der Waals surface area contributed by atoms with E-state index in [0.717, 1.165) is 11.8 Å². The van der Waals surface area contributed by atoms with Gasteiger partial charge in [0.1, 0.15) is 0 Å². The summed E-state index contributed by atoms with van der Waals surface area (Å²) < 4.78 is 0. The molecule has 0 aliphatic carbocycles. The van der Waals surface area contributed by atoms with Gasteiger partial charge in [0, 0.05) is 22.5 Å². The van der Waals surface area contributed by atoms with Gasteiger partial charge in [0.05, 0.1) is 0 Å². The number of carboxylic acids is 1. The third kappa shape index (κ3) is 3.49. The van der Waals surface area contributed by atoms with Gasteiger partial charge in [0.2, 0.25) is 0 Å². The van der Waals surface area contributed by atoms with E-state index in [-0.39, 0.29) is 0 Å². The van der Waals surface area contributed by atoms with Crippen molar-refractivity contribution >= 4 is 23.3 Å². The first-order chi connectivity index (χ1) is 6.58. The largest absolute Gasteiger partial charge is 0.478 e. The first-order valence-electron chi connectivity index (χ1n) is 4.02. The zero-order chi connectivity index (χ0) is 10.6. The molecule has 74 valence electrons. The quantitative estimate of drug-likeness (QED) is 0.756. The van der Waals surface area contributed by atoms with Crippen LogP contribution in [-0.4, -0.2) is 11.1 Å². The Morgan fingerprint density at radius 1 is 1.43 bits per heavy atom. The van der Waals surface area contributed by atoms with Gasteiger partial charge in [0.25, 0.3) is 0 Å². The fourth-order valence-corrected chi connectivity index (χ4v) is 1.11. The minimum Gasteiger partial charge on any atom is -0.478 e. The molecule has 0 fully saturated rings. The lowest BCUT2D eigenvalue weighted by Gasteiger charge is -2.05. The van der Waals surface area contributed by atoms with Crippen molar-refractivity contribution in [1.29, 1.82) is 0 Å². The summed E-state index contributed by atoms with van der Waals surface area (Å²) in [7, 11) is 0. The van der Waals surface area contributed by atoms with Gasteiger partial charge in [-0.2, -0.15) is 0 Å². The second-order valence-corrected chi connectivity index (χ2v) is 3.23. The molecule has 0 saturated heterocycles. The first-order valence-corrected chi connectivity index (χ1v) is 4.39. The van der Waals surface area contributed by atoms with Crippen molar-refractivity contribution in [1.82, 2.24) is 0 Å². The zero-order valence-corrected chi connectivity index (χ0v) is 8.38. The predicted molar refractivity (Wildman–Crippen MR) is 56.5 cm³/mol. The zero-order valence-electron chi connectivity index (χ0n) is 7.62.